The quantitative estimate of drug-likeness (QED) is 0.753. The Kier molecular flexibility index (Phi) is 3.76. The molecule has 5 nitrogen and oxygen atoms in total. The van der Waals surface area contributed by atoms with Crippen molar-refractivity contribution in [2.45, 2.75) is 51.4 Å². The van der Waals surface area contributed by atoms with Crippen LogP contribution in [0.2, 0.25) is 0 Å². The topological polar surface area (TPSA) is 65.2 Å². The minimum Gasteiger partial charge on any atom is -0.465 e. The lowest BCUT2D eigenvalue weighted by Gasteiger charge is -2.05. The molecular weight excluding hydrogens is 220 g/mol. The maximum Gasteiger partial charge on any atom is 0.318 e. The van der Waals surface area contributed by atoms with Gasteiger partial charge in [0.1, 0.15) is 5.92 Å². The second-order valence-electron chi connectivity index (χ2n) is 4.45. The zero-order chi connectivity index (χ0) is 12.3. The molecular formula is C12H18N2O3. The van der Waals surface area contributed by atoms with Crippen molar-refractivity contribution in [1.29, 1.82) is 0 Å². The van der Waals surface area contributed by atoms with E-state index in [-0.39, 0.29) is 5.97 Å². The molecule has 0 saturated heterocycles. The molecule has 2 rings (SSSR count). The molecule has 1 saturated carbocycles. The first-order valence-corrected chi connectivity index (χ1v) is 6.22. The van der Waals surface area contributed by atoms with Gasteiger partial charge < -0.3 is 9.26 Å². The molecule has 0 amide bonds. The van der Waals surface area contributed by atoms with E-state index in [4.69, 9.17) is 9.26 Å². The molecule has 1 heterocycles. The third kappa shape index (κ3) is 2.65. The van der Waals surface area contributed by atoms with Crippen LogP contribution in [0.5, 0.6) is 0 Å². The van der Waals surface area contributed by atoms with Crippen LogP contribution >= 0.6 is 0 Å². The Morgan fingerprint density at radius 2 is 2.24 bits per heavy atom. The van der Waals surface area contributed by atoms with Gasteiger partial charge in [-0.25, -0.2) is 0 Å². The Morgan fingerprint density at radius 1 is 1.53 bits per heavy atom. The van der Waals surface area contributed by atoms with Gasteiger partial charge in [0.25, 0.3) is 0 Å². The van der Waals surface area contributed by atoms with E-state index in [1.54, 1.807) is 13.8 Å². The first-order chi connectivity index (χ1) is 8.22. The Hall–Kier alpha value is -1.39. The van der Waals surface area contributed by atoms with Crippen LogP contribution in [0.15, 0.2) is 4.52 Å². The first-order valence-electron chi connectivity index (χ1n) is 6.22. The zero-order valence-corrected chi connectivity index (χ0v) is 10.3. The van der Waals surface area contributed by atoms with Gasteiger partial charge in [-0.1, -0.05) is 18.0 Å². The number of aromatic nitrogens is 2. The van der Waals surface area contributed by atoms with Crippen LogP contribution in [0.25, 0.3) is 0 Å². The molecule has 0 radical (unpaired) electrons. The molecule has 1 aromatic rings. The van der Waals surface area contributed by atoms with Crippen molar-refractivity contribution >= 4 is 5.97 Å². The van der Waals surface area contributed by atoms with E-state index in [9.17, 15) is 4.79 Å². The van der Waals surface area contributed by atoms with Crippen LogP contribution < -0.4 is 0 Å². The summed E-state index contributed by atoms with van der Waals surface area (Å²) in [4.78, 5) is 15.8. The predicted molar refractivity (Wildman–Crippen MR) is 60.6 cm³/mol. The molecule has 0 bridgehead atoms. The summed E-state index contributed by atoms with van der Waals surface area (Å²) >= 11 is 0. The number of hydrogen-bond donors (Lipinski definition) is 0. The van der Waals surface area contributed by atoms with Crippen molar-refractivity contribution < 1.29 is 14.1 Å². The zero-order valence-electron chi connectivity index (χ0n) is 10.3. The summed E-state index contributed by atoms with van der Waals surface area (Å²) in [6.07, 6.45) is 4.68. The maximum atomic E-state index is 11.5. The van der Waals surface area contributed by atoms with Gasteiger partial charge in [-0.05, 0) is 26.7 Å². The van der Waals surface area contributed by atoms with E-state index < -0.39 is 5.92 Å². The highest BCUT2D eigenvalue weighted by Gasteiger charge is 2.27. The average molecular weight is 238 g/mol. The third-order valence-corrected chi connectivity index (χ3v) is 3.19. The first kappa shape index (κ1) is 12.1. The second-order valence-corrected chi connectivity index (χ2v) is 4.45. The highest BCUT2D eigenvalue weighted by atomic mass is 16.5. The van der Waals surface area contributed by atoms with Gasteiger partial charge in [0.15, 0.2) is 5.82 Å². The lowest BCUT2D eigenvalue weighted by molar-refractivity contribution is -0.145. The number of ether oxygens (including phenoxy) is 1. The number of hydrogen-bond acceptors (Lipinski definition) is 5. The van der Waals surface area contributed by atoms with Gasteiger partial charge in [-0.3, -0.25) is 4.79 Å². The summed E-state index contributed by atoms with van der Waals surface area (Å²) in [7, 11) is 0. The number of carbonyl (C=O) groups is 1. The van der Waals surface area contributed by atoms with Crippen molar-refractivity contribution in [2.75, 3.05) is 6.61 Å². The summed E-state index contributed by atoms with van der Waals surface area (Å²) < 4.78 is 10.1. The van der Waals surface area contributed by atoms with Gasteiger partial charge >= 0.3 is 5.97 Å². The molecule has 5 heteroatoms. The Labute approximate surface area is 101 Å². The van der Waals surface area contributed by atoms with Crippen LogP contribution in [0.4, 0.5) is 0 Å². The summed E-state index contributed by atoms with van der Waals surface area (Å²) in [5, 5.41) is 3.97. The van der Waals surface area contributed by atoms with Crippen LogP contribution in [0.1, 0.15) is 63.1 Å². The van der Waals surface area contributed by atoms with E-state index >= 15 is 0 Å². The van der Waals surface area contributed by atoms with Gasteiger partial charge in [0.2, 0.25) is 5.89 Å². The maximum absolute atomic E-state index is 11.5. The van der Waals surface area contributed by atoms with Crippen LogP contribution in [-0.4, -0.2) is 22.7 Å². The van der Waals surface area contributed by atoms with E-state index in [0.717, 1.165) is 18.7 Å². The summed E-state index contributed by atoms with van der Waals surface area (Å²) in [5.74, 6) is 0.729. The van der Waals surface area contributed by atoms with Crippen molar-refractivity contribution in [1.82, 2.24) is 10.1 Å². The largest absolute Gasteiger partial charge is 0.465 e. The molecule has 0 spiro atoms. The van der Waals surface area contributed by atoms with Crippen molar-refractivity contribution in [3.63, 3.8) is 0 Å². The average Bonchev–Trinajstić information content (AvgIpc) is 2.98. The monoisotopic (exact) mass is 238 g/mol. The molecule has 1 aliphatic carbocycles. The minimum absolute atomic E-state index is 0.311. The predicted octanol–water partition coefficient (Wildman–Crippen LogP) is 2.39. The molecule has 1 aliphatic rings. The summed E-state index contributed by atoms with van der Waals surface area (Å²) in [5.41, 5.74) is 0. The van der Waals surface area contributed by atoms with Crippen molar-refractivity contribution in [3.8, 4) is 0 Å². The fourth-order valence-electron chi connectivity index (χ4n) is 2.14. The fourth-order valence-corrected chi connectivity index (χ4v) is 2.14. The molecule has 0 aromatic carbocycles. The Balaban J connectivity index is 2.04. The highest BCUT2D eigenvalue weighted by molar-refractivity contribution is 5.76. The second kappa shape index (κ2) is 5.29. The van der Waals surface area contributed by atoms with E-state index in [1.807, 2.05) is 0 Å². The standard InChI is InChI=1S/C12H18N2O3/c1-3-16-12(15)8(2)11-13-10(14-17-11)9-6-4-5-7-9/h8-9H,3-7H2,1-2H3. The number of nitrogens with zero attached hydrogens (tertiary/aromatic N) is 2. The molecule has 17 heavy (non-hydrogen) atoms. The molecule has 94 valence electrons. The SMILES string of the molecule is CCOC(=O)C(C)c1nc(C2CCCC2)no1. The number of esters is 1. The lowest BCUT2D eigenvalue weighted by Crippen LogP contribution is -2.13. The molecule has 1 unspecified atom stereocenters. The summed E-state index contributed by atoms with van der Waals surface area (Å²) in [6, 6.07) is 0. The Bertz CT molecular complexity index is 383. The van der Waals surface area contributed by atoms with Gasteiger partial charge in [-0.15, -0.1) is 0 Å². The molecule has 1 fully saturated rings. The Morgan fingerprint density at radius 3 is 2.88 bits per heavy atom. The van der Waals surface area contributed by atoms with Crippen molar-refractivity contribution in [3.05, 3.63) is 11.7 Å². The van der Waals surface area contributed by atoms with Crippen molar-refractivity contribution in [2.24, 2.45) is 0 Å². The molecule has 1 aromatic heterocycles. The van der Waals surface area contributed by atoms with E-state index in [1.165, 1.54) is 12.8 Å². The fraction of sp³-hybridized carbons (Fsp3) is 0.750. The lowest BCUT2D eigenvalue weighted by atomic mass is 10.1. The minimum atomic E-state index is -0.474. The summed E-state index contributed by atoms with van der Waals surface area (Å²) in [6.45, 7) is 3.87. The normalized spacial score (nSPS) is 18.2. The van der Waals surface area contributed by atoms with Gasteiger partial charge in [0.05, 0.1) is 6.61 Å². The van der Waals surface area contributed by atoms with Crippen LogP contribution in [0, 0.1) is 0 Å². The number of carbonyl (C=O) groups excluding carboxylic acids is 1. The van der Waals surface area contributed by atoms with Crippen LogP contribution in [0.3, 0.4) is 0 Å². The molecule has 0 aliphatic heterocycles. The van der Waals surface area contributed by atoms with E-state index in [2.05, 4.69) is 10.1 Å². The van der Waals surface area contributed by atoms with E-state index in [0.29, 0.717) is 18.4 Å². The van der Waals surface area contributed by atoms with Gasteiger partial charge in [0, 0.05) is 5.92 Å². The number of rotatable bonds is 4. The van der Waals surface area contributed by atoms with Gasteiger partial charge in [-0.2, -0.15) is 4.98 Å². The van der Waals surface area contributed by atoms with Crippen LogP contribution in [-0.2, 0) is 9.53 Å². The smallest absolute Gasteiger partial charge is 0.318 e. The third-order valence-electron chi connectivity index (χ3n) is 3.19. The molecule has 0 N–H and O–H groups in total. The highest BCUT2D eigenvalue weighted by Crippen LogP contribution is 2.32. The molecule has 1 atom stereocenters.